The van der Waals surface area contributed by atoms with Gasteiger partial charge in [0.15, 0.2) is 11.2 Å². The molecule has 176 valence electrons. The van der Waals surface area contributed by atoms with Crippen LogP contribution in [0, 0.1) is 0 Å². The second-order valence-electron chi connectivity index (χ2n) is 7.60. The van der Waals surface area contributed by atoms with Crippen LogP contribution in [-0.2, 0) is 14.3 Å². The topological polar surface area (TPSA) is 85.4 Å². The van der Waals surface area contributed by atoms with Gasteiger partial charge in [0.1, 0.15) is 0 Å². The van der Waals surface area contributed by atoms with Crippen molar-refractivity contribution < 1.29 is 19.1 Å². The number of thiazole rings is 1. The Morgan fingerprint density at radius 3 is 2.23 bits per heavy atom. The number of amides is 1. The zero-order valence-corrected chi connectivity index (χ0v) is 20.1. The van der Waals surface area contributed by atoms with Gasteiger partial charge >= 0.3 is 5.97 Å². The Morgan fingerprint density at radius 1 is 0.886 bits per heavy atom. The largest absolute Gasteiger partial charge is 0.449 e. The number of ketones is 1. The standard InChI is InChI=1S/C27H21ClN2O4S/c28-21-13-11-20(12-14-21)26(25(33)19-9-5-2-6-10-19)34-24(32)16-15-23(31)30-27-29-22(17-35-27)18-7-3-1-4-8-18/h1-14,17,26H,15-16H2,(H,29,30,31)/t26-/m0/s1. The molecule has 3 aromatic carbocycles. The molecule has 1 atom stereocenters. The van der Waals surface area contributed by atoms with Gasteiger partial charge in [0.2, 0.25) is 11.7 Å². The highest BCUT2D eigenvalue weighted by Crippen LogP contribution is 2.26. The average molecular weight is 505 g/mol. The maximum atomic E-state index is 13.1. The van der Waals surface area contributed by atoms with Crippen LogP contribution in [0.3, 0.4) is 0 Å². The van der Waals surface area contributed by atoms with Crippen molar-refractivity contribution in [1.29, 1.82) is 0 Å². The molecule has 0 fully saturated rings. The van der Waals surface area contributed by atoms with E-state index in [0.717, 1.165) is 11.3 Å². The van der Waals surface area contributed by atoms with Crippen molar-refractivity contribution >= 4 is 45.7 Å². The first-order chi connectivity index (χ1) is 17.0. The molecule has 1 aromatic heterocycles. The van der Waals surface area contributed by atoms with E-state index in [-0.39, 0.29) is 24.5 Å². The first kappa shape index (κ1) is 24.3. The summed E-state index contributed by atoms with van der Waals surface area (Å²) < 4.78 is 5.53. The quantitative estimate of drug-likeness (QED) is 0.212. The van der Waals surface area contributed by atoms with Gasteiger partial charge in [0, 0.05) is 33.5 Å². The number of benzene rings is 3. The van der Waals surface area contributed by atoms with Crippen molar-refractivity contribution in [3.63, 3.8) is 0 Å². The lowest BCUT2D eigenvalue weighted by Gasteiger charge is -2.17. The predicted molar refractivity (Wildman–Crippen MR) is 136 cm³/mol. The summed E-state index contributed by atoms with van der Waals surface area (Å²) in [6.45, 7) is 0. The fraction of sp³-hybridized carbons (Fsp3) is 0.111. The van der Waals surface area contributed by atoms with E-state index in [9.17, 15) is 14.4 Å². The normalized spacial score (nSPS) is 11.5. The molecule has 6 nitrogen and oxygen atoms in total. The molecule has 1 amide bonds. The monoisotopic (exact) mass is 504 g/mol. The Kier molecular flexibility index (Phi) is 8.03. The lowest BCUT2D eigenvalue weighted by molar-refractivity contribution is -0.148. The number of nitrogens with one attached hydrogen (secondary N) is 1. The molecule has 0 aliphatic carbocycles. The predicted octanol–water partition coefficient (Wildman–Crippen LogP) is 6.35. The zero-order chi connectivity index (χ0) is 24.6. The van der Waals surface area contributed by atoms with Crippen molar-refractivity contribution in [2.75, 3.05) is 5.32 Å². The summed E-state index contributed by atoms with van der Waals surface area (Å²) in [5.41, 5.74) is 2.62. The van der Waals surface area contributed by atoms with Gasteiger partial charge in [0.05, 0.1) is 12.1 Å². The Bertz CT molecular complexity index is 1310. The zero-order valence-electron chi connectivity index (χ0n) is 18.5. The number of nitrogens with zero attached hydrogens (tertiary/aromatic N) is 1. The SMILES string of the molecule is O=C(CCC(=O)O[C@H](C(=O)c1ccccc1)c1ccc(Cl)cc1)Nc1nc(-c2ccccc2)cs1. The van der Waals surface area contributed by atoms with Crippen molar-refractivity contribution in [2.24, 2.45) is 0 Å². The van der Waals surface area contributed by atoms with Crippen LogP contribution in [0.25, 0.3) is 11.3 Å². The molecule has 0 aliphatic heterocycles. The Balaban J connectivity index is 1.37. The summed E-state index contributed by atoms with van der Waals surface area (Å²) >= 11 is 7.27. The van der Waals surface area contributed by atoms with Crippen LogP contribution in [0.15, 0.2) is 90.3 Å². The number of carbonyl (C=O) groups excluding carboxylic acids is 3. The number of hydrogen-bond donors (Lipinski definition) is 1. The van der Waals surface area contributed by atoms with Crippen molar-refractivity contribution in [3.8, 4) is 11.3 Å². The van der Waals surface area contributed by atoms with Gasteiger partial charge in [-0.15, -0.1) is 11.3 Å². The molecule has 0 aliphatic rings. The fourth-order valence-electron chi connectivity index (χ4n) is 3.32. The maximum absolute atomic E-state index is 13.1. The van der Waals surface area contributed by atoms with Crippen LogP contribution in [0.1, 0.15) is 34.9 Å². The summed E-state index contributed by atoms with van der Waals surface area (Å²) in [6.07, 6.45) is -1.43. The molecule has 4 aromatic rings. The minimum absolute atomic E-state index is 0.105. The number of anilines is 1. The van der Waals surface area contributed by atoms with Crippen molar-refractivity contribution in [2.45, 2.75) is 18.9 Å². The van der Waals surface area contributed by atoms with Crippen LogP contribution in [0.2, 0.25) is 5.02 Å². The van der Waals surface area contributed by atoms with Crippen LogP contribution in [0.5, 0.6) is 0 Å². The van der Waals surface area contributed by atoms with Crippen LogP contribution < -0.4 is 5.32 Å². The van der Waals surface area contributed by atoms with Crippen LogP contribution in [-0.4, -0.2) is 22.6 Å². The van der Waals surface area contributed by atoms with E-state index in [1.807, 2.05) is 35.7 Å². The third-order valence-corrected chi connectivity index (χ3v) is 6.10. The molecule has 1 heterocycles. The molecule has 1 N–H and O–H groups in total. The van der Waals surface area contributed by atoms with E-state index < -0.39 is 12.1 Å². The number of hydrogen-bond acceptors (Lipinski definition) is 6. The molecule has 8 heteroatoms. The van der Waals surface area contributed by atoms with E-state index in [0.29, 0.717) is 21.3 Å². The Labute approximate surface area is 211 Å². The smallest absolute Gasteiger partial charge is 0.307 e. The first-order valence-electron chi connectivity index (χ1n) is 10.8. The summed E-state index contributed by atoms with van der Waals surface area (Å²) in [5, 5.41) is 5.50. The van der Waals surface area contributed by atoms with Gasteiger partial charge in [-0.3, -0.25) is 14.4 Å². The highest BCUT2D eigenvalue weighted by molar-refractivity contribution is 7.14. The molecular formula is C27H21ClN2O4S. The van der Waals surface area contributed by atoms with Crippen LogP contribution >= 0.6 is 22.9 Å². The van der Waals surface area contributed by atoms with E-state index in [1.54, 1.807) is 54.6 Å². The van der Waals surface area contributed by atoms with Gasteiger partial charge in [-0.2, -0.15) is 0 Å². The molecule has 0 bridgehead atoms. The molecule has 0 saturated heterocycles. The molecule has 0 unspecified atom stereocenters. The van der Waals surface area contributed by atoms with Crippen molar-refractivity contribution in [3.05, 3.63) is 106 Å². The lowest BCUT2D eigenvalue weighted by Crippen LogP contribution is -2.21. The summed E-state index contributed by atoms with van der Waals surface area (Å²) in [4.78, 5) is 42.4. The summed E-state index contributed by atoms with van der Waals surface area (Å²) in [5.74, 6) is -1.39. The number of Topliss-reactive ketones (excluding diaryl/α,β-unsaturated/α-hetero) is 1. The highest BCUT2D eigenvalue weighted by Gasteiger charge is 2.26. The Morgan fingerprint density at radius 2 is 1.54 bits per heavy atom. The molecule has 4 rings (SSSR count). The molecule has 35 heavy (non-hydrogen) atoms. The Hall–Kier alpha value is -3.81. The molecular weight excluding hydrogens is 484 g/mol. The van der Waals surface area contributed by atoms with Gasteiger partial charge in [-0.1, -0.05) is 84.4 Å². The van der Waals surface area contributed by atoms with Gasteiger partial charge in [-0.25, -0.2) is 4.98 Å². The van der Waals surface area contributed by atoms with Gasteiger partial charge < -0.3 is 10.1 Å². The van der Waals surface area contributed by atoms with E-state index in [2.05, 4.69) is 10.3 Å². The first-order valence-corrected chi connectivity index (χ1v) is 12.1. The third-order valence-electron chi connectivity index (χ3n) is 5.09. The summed E-state index contributed by atoms with van der Waals surface area (Å²) in [6, 6.07) is 24.7. The fourth-order valence-corrected chi connectivity index (χ4v) is 4.19. The second kappa shape index (κ2) is 11.6. The van der Waals surface area contributed by atoms with E-state index >= 15 is 0 Å². The second-order valence-corrected chi connectivity index (χ2v) is 8.90. The number of esters is 1. The minimum Gasteiger partial charge on any atom is -0.449 e. The number of ether oxygens (including phenoxy) is 1. The average Bonchev–Trinajstić information content (AvgIpc) is 3.36. The highest BCUT2D eigenvalue weighted by atomic mass is 35.5. The van der Waals surface area contributed by atoms with E-state index in [1.165, 1.54) is 11.3 Å². The maximum Gasteiger partial charge on any atom is 0.307 e. The summed E-state index contributed by atoms with van der Waals surface area (Å²) in [7, 11) is 0. The molecule has 0 radical (unpaired) electrons. The number of carbonyl (C=O) groups is 3. The lowest BCUT2D eigenvalue weighted by atomic mass is 10.00. The van der Waals surface area contributed by atoms with Gasteiger partial charge in [0.25, 0.3) is 0 Å². The van der Waals surface area contributed by atoms with Gasteiger partial charge in [-0.05, 0) is 12.1 Å². The molecule has 0 saturated carbocycles. The number of halogens is 1. The number of aromatic nitrogens is 1. The van der Waals surface area contributed by atoms with Crippen molar-refractivity contribution in [1.82, 2.24) is 4.98 Å². The van der Waals surface area contributed by atoms with E-state index in [4.69, 9.17) is 16.3 Å². The van der Waals surface area contributed by atoms with Crippen LogP contribution in [0.4, 0.5) is 5.13 Å². The molecule has 0 spiro atoms. The minimum atomic E-state index is -1.14. The number of rotatable bonds is 9. The third kappa shape index (κ3) is 6.62.